The molecule has 0 saturated carbocycles. The van der Waals surface area contributed by atoms with Crippen molar-refractivity contribution in [3.05, 3.63) is 58.2 Å². The molecule has 8 rings (SSSR count). The van der Waals surface area contributed by atoms with Crippen LogP contribution in [0.5, 0.6) is 0 Å². The number of methoxy groups -OCH3 is 1. The van der Waals surface area contributed by atoms with E-state index in [2.05, 4.69) is 65.7 Å². The fourth-order valence-electron chi connectivity index (χ4n) is 10.3. The fourth-order valence-corrected chi connectivity index (χ4v) is 11.2. The first-order chi connectivity index (χ1) is 30.6. The number of carbonyl (C=O) groups excluding carboxylic acids is 4. The summed E-state index contributed by atoms with van der Waals surface area (Å²) in [4.78, 5) is 70.6. The van der Waals surface area contributed by atoms with Gasteiger partial charge in [-0.3, -0.25) is 24.4 Å². The summed E-state index contributed by atoms with van der Waals surface area (Å²) in [6.07, 6.45) is 6.05. The summed E-state index contributed by atoms with van der Waals surface area (Å²) in [5.74, 6) is -1.47. The van der Waals surface area contributed by atoms with Gasteiger partial charge in [-0.25, -0.2) is 15.2 Å². The lowest BCUT2D eigenvalue weighted by molar-refractivity contribution is -0.155. The molecule has 3 fully saturated rings. The summed E-state index contributed by atoms with van der Waals surface area (Å²) in [5.41, 5.74) is 9.26. The number of pyridine rings is 1. The summed E-state index contributed by atoms with van der Waals surface area (Å²) in [6.45, 7) is 15.8. The van der Waals surface area contributed by atoms with E-state index in [1.165, 1.54) is 16.3 Å². The summed E-state index contributed by atoms with van der Waals surface area (Å²) >= 11 is 1.44. The molecule has 4 atom stereocenters. The second-order valence-corrected chi connectivity index (χ2v) is 20.2. The number of rotatable bonds is 8. The number of hydrogen-bond donors (Lipinski definition) is 3. The molecule has 7 heterocycles. The zero-order valence-electron chi connectivity index (χ0n) is 40.7. The number of carbonyl (C=O) groups is 4. The van der Waals surface area contributed by atoms with Gasteiger partial charge in [0.25, 0.3) is 5.91 Å². The van der Waals surface area contributed by atoms with Gasteiger partial charge >= 0.3 is 12.0 Å². The van der Waals surface area contributed by atoms with Gasteiger partial charge in [-0.15, -0.1) is 11.3 Å². The average molecular weight is 1030 g/mol. The lowest BCUT2D eigenvalue weighted by Crippen LogP contribution is -2.69. The molecule has 68 heavy (non-hydrogen) atoms. The molecule has 6 bridgehead atoms. The minimum absolute atomic E-state index is 0. The number of hydrazine groups is 1. The SMILES string of the molecule is CCn1c(-c2cccnc2[C@H](C)OC)c2c3cc(ccc31)-c1csc(n1)C[C@H](NC(=O)[C@H](C(C)C)N(C)C(=O)N1CCC13CCNCC3)C(=O)N1CCC[C@H](N1)C(=O)OCC(C)(C)C2.S.S.S.S. The zero-order chi connectivity index (χ0) is 45.5. The average Bonchev–Trinajstić information content (AvgIpc) is 3.88. The maximum absolute atomic E-state index is 14.6. The van der Waals surface area contributed by atoms with E-state index in [0.29, 0.717) is 43.9 Å². The monoisotopic (exact) mass is 1030 g/mol. The van der Waals surface area contributed by atoms with E-state index in [4.69, 9.17) is 19.4 Å². The molecule has 4 aromatic rings. The number of hydrogen-bond acceptors (Lipinski definition) is 11. The number of aromatic nitrogens is 3. The van der Waals surface area contributed by atoms with Crippen molar-refractivity contribution in [2.24, 2.45) is 11.3 Å². The van der Waals surface area contributed by atoms with Crippen molar-refractivity contribution in [2.45, 2.75) is 123 Å². The summed E-state index contributed by atoms with van der Waals surface area (Å²) in [7, 11) is 3.39. The van der Waals surface area contributed by atoms with Crippen LogP contribution in [0.15, 0.2) is 41.9 Å². The molecule has 3 aromatic heterocycles. The molecule has 1 spiro atoms. The predicted molar refractivity (Wildman–Crippen MR) is 289 cm³/mol. The van der Waals surface area contributed by atoms with E-state index < -0.39 is 35.4 Å². The molecule has 3 saturated heterocycles. The molecule has 0 aliphatic carbocycles. The van der Waals surface area contributed by atoms with E-state index in [0.717, 1.165) is 77.0 Å². The van der Waals surface area contributed by atoms with Crippen molar-refractivity contribution in [1.82, 2.24) is 45.4 Å². The maximum Gasteiger partial charge on any atom is 0.324 e. The molecule has 15 nitrogen and oxygen atoms in total. The number of ether oxygens (including phenoxy) is 2. The number of urea groups is 1. The van der Waals surface area contributed by atoms with Crippen molar-refractivity contribution >= 4 is 100 Å². The largest absolute Gasteiger partial charge is 0.464 e. The minimum Gasteiger partial charge on any atom is -0.464 e. The van der Waals surface area contributed by atoms with Gasteiger partial charge in [-0.2, -0.15) is 54.0 Å². The maximum atomic E-state index is 14.6. The van der Waals surface area contributed by atoms with Gasteiger partial charge in [0.2, 0.25) is 5.91 Å². The summed E-state index contributed by atoms with van der Waals surface area (Å²) in [5, 5.41) is 11.7. The molecule has 4 aliphatic heterocycles. The normalized spacial score (nSPS) is 20.8. The molecule has 1 aromatic carbocycles. The Morgan fingerprint density at radius 1 is 1.06 bits per heavy atom. The van der Waals surface area contributed by atoms with Gasteiger partial charge < -0.3 is 34.5 Å². The van der Waals surface area contributed by atoms with Crippen LogP contribution in [0.2, 0.25) is 0 Å². The Labute approximate surface area is 433 Å². The second kappa shape index (κ2) is 23.6. The van der Waals surface area contributed by atoms with Crippen molar-refractivity contribution in [3.63, 3.8) is 0 Å². The highest BCUT2D eigenvalue weighted by atomic mass is 32.1. The quantitative estimate of drug-likeness (QED) is 0.165. The summed E-state index contributed by atoms with van der Waals surface area (Å²) < 4.78 is 14.3. The third kappa shape index (κ3) is 11.3. The summed E-state index contributed by atoms with van der Waals surface area (Å²) in [6, 6.07) is 7.70. The third-order valence-corrected chi connectivity index (χ3v) is 14.8. The number of likely N-dealkylation sites (tertiary alicyclic amines) is 1. The van der Waals surface area contributed by atoms with Crippen molar-refractivity contribution in [3.8, 4) is 22.5 Å². The number of thiazole rings is 1. The van der Waals surface area contributed by atoms with Crippen LogP contribution in [0.1, 0.15) is 96.0 Å². The number of fused-ring (bicyclic) bond motifs is 6. The third-order valence-electron chi connectivity index (χ3n) is 13.9. The Morgan fingerprint density at radius 3 is 2.46 bits per heavy atom. The highest BCUT2D eigenvalue weighted by molar-refractivity contribution is 7.59. The molecule has 0 unspecified atom stereocenters. The number of esters is 1. The number of nitrogens with one attached hydrogen (secondary N) is 3. The fraction of sp³-hybridized carbons (Fsp3) is 0.583. The lowest BCUT2D eigenvalue weighted by atomic mass is 9.77. The standard InChI is InChI=1S/C48H65N9O6S.4H2S/c1-9-55-38-15-14-31-24-33(38)34(42(55)32-12-10-19-50-40(32)30(4)62-8)26-47(5,6)28-63-45(60)35-13-11-22-57(53-35)44(59)36(25-39-51-37(31)27-64-39)52-43(58)41(29(2)3)54(7)46(61)56-23-18-48(56)16-20-49-21-17-48;;;;/h10,12,14-15,19,24,27,29-30,35-36,41,49,53H,9,11,13,16-18,20-23,25-26,28H2,1-8H3,(H,52,58);4*1H2/t30-,35-,36-,41-;;;;/m0..../s1. The molecule has 4 amide bonds. The Bertz CT molecular complexity index is 2410. The Morgan fingerprint density at radius 2 is 1.79 bits per heavy atom. The zero-order valence-corrected chi connectivity index (χ0v) is 45.5. The number of aryl methyl sites for hydroxylation is 1. The molecule has 20 heteroatoms. The van der Waals surface area contributed by atoms with Gasteiger partial charge in [0.15, 0.2) is 0 Å². The van der Waals surface area contributed by atoms with Gasteiger partial charge in [0, 0.05) is 84.8 Å². The van der Waals surface area contributed by atoms with Crippen LogP contribution in [0.25, 0.3) is 33.4 Å². The number of amides is 4. The Hall–Kier alpha value is -3.50. The van der Waals surface area contributed by atoms with Crippen LogP contribution in [-0.2, 0) is 43.2 Å². The lowest BCUT2D eigenvalue weighted by Gasteiger charge is -2.56. The first kappa shape index (κ1) is 57.1. The van der Waals surface area contributed by atoms with Crippen LogP contribution in [0, 0.1) is 11.3 Å². The van der Waals surface area contributed by atoms with Crippen LogP contribution in [0.4, 0.5) is 4.79 Å². The highest BCUT2D eigenvalue weighted by Crippen LogP contribution is 2.43. The first-order valence-electron chi connectivity index (χ1n) is 23.0. The van der Waals surface area contributed by atoms with Crippen molar-refractivity contribution in [2.75, 3.05) is 46.9 Å². The minimum atomic E-state index is -1.03. The molecule has 376 valence electrons. The predicted octanol–water partition coefficient (Wildman–Crippen LogP) is 6.56. The Kier molecular flexibility index (Phi) is 19.8. The van der Waals surface area contributed by atoms with Crippen molar-refractivity contribution < 1.29 is 28.7 Å². The van der Waals surface area contributed by atoms with E-state index in [9.17, 15) is 19.2 Å². The van der Waals surface area contributed by atoms with Gasteiger partial charge in [0.1, 0.15) is 18.1 Å². The van der Waals surface area contributed by atoms with E-state index in [1.807, 2.05) is 37.1 Å². The molecule has 0 radical (unpaired) electrons. The van der Waals surface area contributed by atoms with Crippen LogP contribution >= 0.6 is 65.3 Å². The van der Waals surface area contributed by atoms with E-state index in [-0.39, 0.29) is 96.5 Å². The van der Waals surface area contributed by atoms with Gasteiger partial charge in [-0.1, -0.05) is 33.8 Å². The van der Waals surface area contributed by atoms with Gasteiger partial charge in [-0.05, 0) is 101 Å². The van der Waals surface area contributed by atoms with E-state index in [1.54, 1.807) is 25.3 Å². The number of piperidine rings is 1. The smallest absolute Gasteiger partial charge is 0.324 e. The molecule has 4 aliphatic rings. The van der Waals surface area contributed by atoms with Crippen LogP contribution < -0.4 is 16.1 Å². The highest BCUT2D eigenvalue weighted by Gasteiger charge is 2.50. The number of nitrogens with zero attached hydrogens (tertiary/aromatic N) is 6. The Balaban J connectivity index is 0.00000252. The molecular weight excluding hydrogens is 959 g/mol. The topological polar surface area (TPSA) is 163 Å². The number of benzene rings is 1. The van der Waals surface area contributed by atoms with Crippen molar-refractivity contribution in [1.29, 1.82) is 0 Å². The van der Waals surface area contributed by atoms with Crippen LogP contribution in [-0.4, -0.2) is 124 Å². The van der Waals surface area contributed by atoms with Crippen LogP contribution in [0.3, 0.4) is 0 Å². The molecular formula is C48H73N9O6S5. The first-order valence-corrected chi connectivity index (χ1v) is 23.9. The number of cyclic esters (lactones) is 1. The number of likely N-dealkylation sites (N-methyl/N-ethyl adjacent to an activating group) is 1. The van der Waals surface area contributed by atoms with E-state index >= 15 is 0 Å². The van der Waals surface area contributed by atoms with Gasteiger partial charge in [0.05, 0.1) is 34.8 Å². The second-order valence-electron chi connectivity index (χ2n) is 19.2. The molecule has 3 N–H and O–H groups in total.